The van der Waals surface area contributed by atoms with Gasteiger partial charge in [-0.3, -0.25) is 0 Å². The van der Waals surface area contributed by atoms with Gasteiger partial charge in [0, 0.05) is 0 Å². The lowest BCUT2D eigenvalue weighted by atomic mass is 9.85. The van der Waals surface area contributed by atoms with E-state index in [9.17, 15) is 10.2 Å². The topological polar surface area (TPSA) is 124 Å². The van der Waals surface area contributed by atoms with Crippen LogP contribution in [0.15, 0.2) is 72.8 Å². The Hall–Kier alpha value is -4.84. The Morgan fingerprint density at radius 1 is 0.556 bits per heavy atom. The lowest BCUT2D eigenvalue weighted by Gasteiger charge is -2.32. The van der Waals surface area contributed by atoms with Crippen LogP contribution < -0.4 is 37.9 Å². The number of ether oxygens (including phenoxy) is 9. The van der Waals surface area contributed by atoms with Gasteiger partial charge in [0.2, 0.25) is 0 Å². The van der Waals surface area contributed by atoms with Crippen LogP contribution in [-0.2, 0) is 10.3 Å². The molecule has 54 heavy (non-hydrogen) atoms. The highest BCUT2D eigenvalue weighted by atomic mass is 16.5. The maximum absolute atomic E-state index is 11.6. The summed E-state index contributed by atoms with van der Waals surface area (Å²) in [5.41, 5.74) is 1.79. The Bertz CT molecular complexity index is 1870. The highest BCUT2D eigenvalue weighted by Crippen LogP contribution is 2.51. The summed E-state index contributed by atoms with van der Waals surface area (Å²) in [6.45, 7) is 9.67. The summed E-state index contributed by atoms with van der Waals surface area (Å²) in [5.74, 6) is 4.57. The molecule has 4 aromatic carbocycles. The van der Waals surface area contributed by atoms with Crippen molar-refractivity contribution in [3.05, 3.63) is 95.1 Å². The van der Waals surface area contributed by atoms with E-state index in [0.717, 1.165) is 11.1 Å². The molecule has 4 aromatic rings. The SMILES string of the molecule is COc1ccc(C(O)C(C)Oc2ccc(C3OC(c4ccc(OC(C)C(C)(O)c5ccc(OC)c(OC)c5)c(OC)c4)C(C)C3C)cc2OC)cc1OC. The Labute approximate surface area is 318 Å². The van der Waals surface area contributed by atoms with Gasteiger partial charge in [-0.2, -0.15) is 0 Å². The third-order valence-corrected chi connectivity index (χ3v) is 10.7. The second-order valence-corrected chi connectivity index (χ2v) is 13.9. The lowest BCUT2D eigenvalue weighted by Crippen LogP contribution is -2.38. The average molecular weight is 747 g/mol. The van der Waals surface area contributed by atoms with Crippen molar-refractivity contribution in [2.24, 2.45) is 11.8 Å². The molecule has 11 heteroatoms. The maximum atomic E-state index is 11.6. The molecule has 1 saturated heterocycles. The minimum atomic E-state index is -1.36. The molecular formula is C43H54O11. The van der Waals surface area contributed by atoms with Crippen LogP contribution in [-0.4, -0.2) is 65.1 Å². The van der Waals surface area contributed by atoms with Gasteiger partial charge in [-0.15, -0.1) is 0 Å². The molecule has 8 unspecified atom stereocenters. The third kappa shape index (κ3) is 8.13. The van der Waals surface area contributed by atoms with Crippen LogP contribution in [0.5, 0.6) is 46.0 Å². The summed E-state index contributed by atoms with van der Waals surface area (Å²) in [6, 6.07) is 22.1. The predicted molar refractivity (Wildman–Crippen MR) is 205 cm³/mol. The van der Waals surface area contributed by atoms with Crippen molar-refractivity contribution in [3.8, 4) is 46.0 Å². The fourth-order valence-corrected chi connectivity index (χ4v) is 6.90. The van der Waals surface area contributed by atoms with Gasteiger partial charge in [-0.1, -0.05) is 38.1 Å². The predicted octanol–water partition coefficient (Wildman–Crippen LogP) is 8.00. The van der Waals surface area contributed by atoms with Gasteiger partial charge < -0.3 is 52.8 Å². The fraction of sp³-hybridized carbons (Fsp3) is 0.442. The summed E-state index contributed by atoms with van der Waals surface area (Å²) in [4.78, 5) is 0. The van der Waals surface area contributed by atoms with Crippen LogP contribution in [0.25, 0.3) is 0 Å². The van der Waals surface area contributed by atoms with Gasteiger partial charge in [0.1, 0.15) is 23.9 Å². The Morgan fingerprint density at radius 3 is 1.48 bits per heavy atom. The van der Waals surface area contributed by atoms with E-state index in [-0.39, 0.29) is 24.0 Å². The Kier molecular flexibility index (Phi) is 12.8. The summed E-state index contributed by atoms with van der Waals surface area (Å²) >= 11 is 0. The quantitative estimate of drug-likeness (QED) is 0.116. The summed E-state index contributed by atoms with van der Waals surface area (Å²) in [5, 5.41) is 22.7. The van der Waals surface area contributed by atoms with Crippen LogP contribution in [0.3, 0.4) is 0 Å². The monoisotopic (exact) mass is 746 g/mol. The molecule has 5 rings (SSSR count). The summed E-state index contributed by atoms with van der Waals surface area (Å²) < 4.78 is 52.4. The Balaban J connectivity index is 1.30. The van der Waals surface area contributed by atoms with Crippen molar-refractivity contribution in [3.63, 3.8) is 0 Å². The largest absolute Gasteiger partial charge is 0.493 e. The van der Waals surface area contributed by atoms with Crippen molar-refractivity contribution in [1.29, 1.82) is 0 Å². The van der Waals surface area contributed by atoms with Crippen LogP contribution in [0, 0.1) is 11.8 Å². The van der Waals surface area contributed by atoms with Crippen LogP contribution in [0.1, 0.15) is 75.2 Å². The molecule has 0 amide bonds. The number of hydrogen-bond acceptors (Lipinski definition) is 11. The zero-order chi connectivity index (χ0) is 39.3. The molecule has 2 N–H and O–H groups in total. The third-order valence-electron chi connectivity index (χ3n) is 10.7. The highest BCUT2D eigenvalue weighted by molar-refractivity contribution is 5.48. The van der Waals surface area contributed by atoms with Gasteiger partial charge >= 0.3 is 0 Å². The van der Waals surface area contributed by atoms with Crippen molar-refractivity contribution in [2.45, 2.75) is 70.7 Å². The molecule has 0 aromatic heterocycles. The van der Waals surface area contributed by atoms with Crippen molar-refractivity contribution >= 4 is 0 Å². The number of aliphatic hydroxyl groups excluding tert-OH is 1. The van der Waals surface area contributed by atoms with Crippen LogP contribution >= 0.6 is 0 Å². The Morgan fingerprint density at radius 2 is 0.981 bits per heavy atom. The molecule has 0 bridgehead atoms. The van der Waals surface area contributed by atoms with E-state index in [4.69, 9.17) is 42.6 Å². The van der Waals surface area contributed by atoms with E-state index in [1.165, 1.54) is 0 Å². The van der Waals surface area contributed by atoms with E-state index in [1.807, 2.05) is 43.3 Å². The van der Waals surface area contributed by atoms with E-state index in [2.05, 4.69) is 13.8 Å². The second-order valence-electron chi connectivity index (χ2n) is 13.9. The molecule has 1 aliphatic rings. The van der Waals surface area contributed by atoms with E-state index >= 15 is 0 Å². The smallest absolute Gasteiger partial charge is 0.161 e. The van der Waals surface area contributed by atoms with Gasteiger partial charge in [0.25, 0.3) is 0 Å². The minimum absolute atomic E-state index is 0.162. The zero-order valence-electron chi connectivity index (χ0n) is 33.0. The molecule has 8 atom stereocenters. The molecule has 0 saturated carbocycles. The van der Waals surface area contributed by atoms with E-state index < -0.39 is 23.9 Å². The minimum Gasteiger partial charge on any atom is -0.493 e. The van der Waals surface area contributed by atoms with E-state index in [0.29, 0.717) is 57.1 Å². The maximum Gasteiger partial charge on any atom is 0.161 e. The molecule has 11 nitrogen and oxygen atoms in total. The van der Waals surface area contributed by atoms with Crippen LogP contribution in [0.4, 0.5) is 0 Å². The fourth-order valence-electron chi connectivity index (χ4n) is 6.90. The molecule has 0 radical (unpaired) electrons. The summed E-state index contributed by atoms with van der Waals surface area (Å²) in [7, 11) is 9.43. The molecule has 292 valence electrons. The van der Waals surface area contributed by atoms with Gasteiger partial charge in [0.15, 0.2) is 46.0 Å². The first kappa shape index (κ1) is 40.3. The summed E-state index contributed by atoms with van der Waals surface area (Å²) in [6.07, 6.45) is -2.63. The number of rotatable bonds is 16. The van der Waals surface area contributed by atoms with Gasteiger partial charge in [-0.05, 0) is 103 Å². The average Bonchev–Trinajstić information content (AvgIpc) is 3.49. The first-order valence-electron chi connectivity index (χ1n) is 18.0. The molecule has 1 aliphatic heterocycles. The van der Waals surface area contributed by atoms with Crippen molar-refractivity contribution in [2.75, 3.05) is 42.7 Å². The van der Waals surface area contributed by atoms with Gasteiger partial charge in [0.05, 0.1) is 54.9 Å². The first-order valence-corrected chi connectivity index (χ1v) is 18.0. The second kappa shape index (κ2) is 17.1. The number of aliphatic hydroxyl groups is 2. The number of methoxy groups -OCH3 is 6. The molecule has 1 fully saturated rings. The molecule has 0 spiro atoms. The first-order chi connectivity index (χ1) is 25.8. The highest BCUT2D eigenvalue weighted by Gasteiger charge is 2.41. The number of hydrogen-bond donors (Lipinski definition) is 2. The number of benzene rings is 4. The zero-order valence-corrected chi connectivity index (χ0v) is 33.0. The lowest BCUT2D eigenvalue weighted by molar-refractivity contribution is -0.0449. The van der Waals surface area contributed by atoms with Crippen molar-refractivity contribution in [1.82, 2.24) is 0 Å². The molecular weight excluding hydrogens is 692 g/mol. The molecule has 1 heterocycles. The van der Waals surface area contributed by atoms with E-state index in [1.54, 1.807) is 92.9 Å². The van der Waals surface area contributed by atoms with Crippen molar-refractivity contribution < 1.29 is 52.8 Å². The normalized spacial score (nSPS) is 20.9. The standard InChI is InChI=1S/C43H54O11/c1-24-25(2)42(30-14-18-35(38(22-30)50-10)53-27(4)43(5,45)31-15-19-33(47-7)39(23-31)51-11)54-41(24)29-13-17-34(37(21-29)49-9)52-26(3)40(44)28-12-16-32(46-6)36(20-28)48-8/h12-27,40-42,44-45H,1-11H3. The molecule has 0 aliphatic carbocycles. The van der Waals surface area contributed by atoms with Crippen LogP contribution in [0.2, 0.25) is 0 Å². The van der Waals surface area contributed by atoms with Gasteiger partial charge in [-0.25, -0.2) is 0 Å².